The molecule has 0 amide bonds. The Hall–Kier alpha value is -6.32. The van der Waals surface area contributed by atoms with E-state index in [4.69, 9.17) is 14.4 Å². The predicted molar refractivity (Wildman–Crippen MR) is 194 cm³/mol. The van der Waals surface area contributed by atoms with Crippen LogP contribution in [0.2, 0.25) is 0 Å². The molecule has 0 aliphatic rings. The molecule has 0 spiro atoms. The van der Waals surface area contributed by atoms with Gasteiger partial charge >= 0.3 is 0 Å². The lowest BCUT2D eigenvalue weighted by Gasteiger charge is -2.12. The molecule has 220 valence electrons. The van der Waals surface area contributed by atoms with Gasteiger partial charge in [-0.15, -0.1) is 0 Å². The van der Waals surface area contributed by atoms with Crippen LogP contribution in [0.5, 0.6) is 0 Å². The van der Waals surface area contributed by atoms with Gasteiger partial charge in [0.2, 0.25) is 0 Å². The van der Waals surface area contributed by atoms with Crippen molar-refractivity contribution in [3.8, 4) is 56.2 Å². The molecule has 0 bridgehead atoms. The van der Waals surface area contributed by atoms with Gasteiger partial charge in [0.1, 0.15) is 11.2 Å². The summed E-state index contributed by atoms with van der Waals surface area (Å²) in [7, 11) is 0. The summed E-state index contributed by atoms with van der Waals surface area (Å²) in [6, 6.07) is 59.1. The van der Waals surface area contributed by atoms with Crippen LogP contribution in [0.1, 0.15) is 0 Å². The number of fused-ring (bicyclic) bond motifs is 5. The maximum absolute atomic E-state index is 6.47. The molecular weight excluding hydrogens is 572 g/mol. The zero-order chi connectivity index (χ0) is 31.2. The summed E-state index contributed by atoms with van der Waals surface area (Å²) >= 11 is 0. The van der Waals surface area contributed by atoms with Crippen molar-refractivity contribution < 1.29 is 4.42 Å². The molecule has 2 aromatic heterocycles. The Kier molecular flexibility index (Phi) is 6.46. The first-order chi connectivity index (χ1) is 23.3. The quantitative estimate of drug-likeness (QED) is 0.197. The van der Waals surface area contributed by atoms with Gasteiger partial charge < -0.3 is 4.42 Å². The second-order valence-corrected chi connectivity index (χ2v) is 11.8. The van der Waals surface area contributed by atoms with E-state index in [2.05, 4.69) is 133 Å². The molecule has 0 N–H and O–H groups in total. The second kappa shape index (κ2) is 11.2. The molecule has 3 heteroatoms. The Morgan fingerprint density at radius 3 is 1.57 bits per heavy atom. The Labute approximate surface area is 272 Å². The van der Waals surface area contributed by atoms with Crippen LogP contribution in [0.4, 0.5) is 0 Å². The molecule has 0 atom stereocenters. The first kappa shape index (κ1) is 27.0. The van der Waals surface area contributed by atoms with Crippen LogP contribution < -0.4 is 0 Å². The minimum atomic E-state index is 0.680. The first-order valence-corrected chi connectivity index (χ1v) is 15.8. The van der Waals surface area contributed by atoms with Crippen LogP contribution in [0.25, 0.3) is 88.9 Å². The van der Waals surface area contributed by atoms with Crippen molar-refractivity contribution in [3.05, 3.63) is 170 Å². The van der Waals surface area contributed by atoms with Crippen LogP contribution >= 0.6 is 0 Å². The van der Waals surface area contributed by atoms with Crippen molar-refractivity contribution in [1.82, 2.24) is 9.97 Å². The largest absolute Gasteiger partial charge is 0.455 e. The van der Waals surface area contributed by atoms with E-state index in [9.17, 15) is 0 Å². The van der Waals surface area contributed by atoms with E-state index in [1.165, 1.54) is 11.1 Å². The van der Waals surface area contributed by atoms with E-state index in [0.717, 1.165) is 71.9 Å². The van der Waals surface area contributed by atoms with Crippen LogP contribution in [0, 0.1) is 0 Å². The van der Waals surface area contributed by atoms with Crippen LogP contribution in [-0.2, 0) is 0 Å². The standard InChI is InChI=1S/C44H28N2O/c1-4-12-29(13-5-1)30-20-22-33(23-21-30)41-28-40(32-16-8-3-9-17-32)45-44(46-41)34-24-25-36-38(26-34)37(31-14-6-2-7-15-31)27-39-35-18-10-11-19-42(35)47-43(36)39/h1-28H. The van der Waals surface area contributed by atoms with Gasteiger partial charge in [-0.2, -0.15) is 0 Å². The first-order valence-electron chi connectivity index (χ1n) is 15.8. The average molecular weight is 601 g/mol. The maximum atomic E-state index is 6.47. The number of para-hydroxylation sites is 1. The molecular formula is C44H28N2O. The number of hydrogen-bond acceptors (Lipinski definition) is 3. The highest BCUT2D eigenvalue weighted by Crippen LogP contribution is 2.41. The Balaban J connectivity index is 1.25. The zero-order valence-electron chi connectivity index (χ0n) is 25.5. The van der Waals surface area contributed by atoms with E-state index < -0.39 is 0 Å². The molecule has 0 aliphatic carbocycles. The van der Waals surface area contributed by atoms with Gasteiger partial charge in [-0.3, -0.25) is 0 Å². The van der Waals surface area contributed by atoms with Crippen molar-refractivity contribution in [1.29, 1.82) is 0 Å². The fraction of sp³-hybridized carbons (Fsp3) is 0. The van der Waals surface area contributed by atoms with Crippen molar-refractivity contribution in [2.75, 3.05) is 0 Å². The number of aromatic nitrogens is 2. The molecule has 0 saturated carbocycles. The third-order valence-electron chi connectivity index (χ3n) is 8.90. The summed E-state index contributed by atoms with van der Waals surface area (Å²) < 4.78 is 6.47. The third kappa shape index (κ3) is 4.86. The van der Waals surface area contributed by atoms with Crippen molar-refractivity contribution in [2.45, 2.75) is 0 Å². The van der Waals surface area contributed by atoms with Gasteiger partial charge in [0.15, 0.2) is 5.82 Å². The topological polar surface area (TPSA) is 38.9 Å². The molecule has 0 saturated heterocycles. The number of hydrogen-bond donors (Lipinski definition) is 0. The minimum Gasteiger partial charge on any atom is -0.455 e. The van der Waals surface area contributed by atoms with Gasteiger partial charge in [-0.25, -0.2) is 9.97 Å². The summed E-state index contributed by atoms with van der Waals surface area (Å²) in [6.07, 6.45) is 0. The van der Waals surface area contributed by atoms with E-state index in [-0.39, 0.29) is 0 Å². The zero-order valence-corrected chi connectivity index (χ0v) is 25.5. The molecule has 9 aromatic rings. The third-order valence-corrected chi connectivity index (χ3v) is 8.90. The van der Waals surface area contributed by atoms with Gasteiger partial charge in [0, 0.05) is 32.8 Å². The van der Waals surface area contributed by atoms with E-state index in [1.807, 2.05) is 36.4 Å². The summed E-state index contributed by atoms with van der Waals surface area (Å²) in [5.41, 5.74) is 11.3. The highest BCUT2D eigenvalue weighted by molar-refractivity contribution is 6.19. The van der Waals surface area contributed by atoms with Crippen molar-refractivity contribution in [3.63, 3.8) is 0 Å². The number of benzene rings is 7. The summed E-state index contributed by atoms with van der Waals surface area (Å²) in [5, 5.41) is 4.40. The Morgan fingerprint density at radius 1 is 0.340 bits per heavy atom. The molecule has 0 aliphatic heterocycles. The summed E-state index contributed by atoms with van der Waals surface area (Å²) in [5.74, 6) is 0.680. The van der Waals surface area contributed by atoms with E-state index in [0.29, 0.717) is 5.82 Å². The molecule has 3 nitrogen and oxygen atoms in total. The summed E-state index contributed by atoms with van der Waals surface area (Å²) in [6.45, 7) is 0. The van der Waals surface area contributed by atoms with Gasteiger partial charge in [0.25, 0.3) is 0 Å². The lowest BCUT2D eigenvalue weighted by atomic mass is 9.94. The SMILES string of the molecule is c1ccc(-c2ccc(-c3cc(-c4ccccc4)nc(-c4ccc5c(c4)c(-c4ccccc4)cc4c6ccccc6oc54)n3)cc2)cc1. The Bertz CT molecular complexity index is 2540. The molecule has 2 heterocycles. The minimum absolute atomic E-state index is 0.680. The van der Waals surface area contributed by atoms with Crippen LogP contribution in [0.3, 0.4) is 0 Å². The normalized spacial score (nSPS) is 11.4. The highest BCUT2D eigenvalue weighted by atomic mass is 16.3. The fourth-order valence-corrected chi connectivity index (χ4v) is 6.54. The smallest absolute Gasteiger partial charge is 0.160 e. The molecule has 0 fully saturated rings. The highest BCUT2D eigenvalue weighted by Gasteiger charge is 2.17. The predicted octanol–water partition coefficient (Wildman–Crippen LogP) is 11.9. The molecule has 0 radical (unpaired) electrons. The second-order valence-electron chi connectivity index (χ2n) is 11.8. The number of rotatable bonds is 5. The molecule has 9 rings (SSSR count). The number of nitrogens with zero attached hydrogens (tertiary/aromatic N) is 2. The van der Waals surface area contributed by atoms with Gasteiger partial charge in [-0.05, 0) is 58.0 Å². The van der Waals surface area contributed by atoms with Crippen molar-refractivity contribution in [2.24, 2.45) is 0 Å². The van der Waals surface area contributed by atoms with Crippen LogP contribution in [-0.4, -0.2) is 9.97 Å². The van der Waals surface area contributed by atoms with Crippen LogP contribution in [0.15, 0.2) is 174 Å². The molecule has 7 aromatic carbocycles. The van der Waals surface area contributed by atoms with E-state index in [1.54, 1.807) is 0 Å². The monoisotopic (exact) mass is 600 g/mol. The maximum Gasteiger partial charge on any atom is 0.160 e. The molecule has 47 heavy (non-hydrogen) atoms. The molecule has 0 unspecified atom stereocenters. The van der Waals surface area contributed by atoms with E-state index >= 15 is 0 Å². The average Bonchev–Trinajstić information content (AvgIpc) is 3.54. The lowest BCUT2D eigenvalue weighted by molar-refractivity contribution is 0.672. The number of furan rings is 1. The van der Waals surface area contributed by atoms with Crippen molar-refractivity contribution >= 4 is 32.7 Å². The summed E-state index contributed by atoms with van der Waals surface area (Å²) in [4.78, 5) is 10.3. The Morgan fingerprint density at radius 2 is 0.872 bits per heavy atom. The fourth-order valence-electron chi connectivity index (χ4n) is 6.54. The van der Waals surface area contributed by atoms with Gasteiger partial charge in [-0.1, -0.05) is 140 Å². The lowest BCUT2D eigenvalue weighted by Crippen LogP contribution is -1.96. The van der Waals surface area contributed by atoms with Gasteiger partial charge in [0.05, 0.1) is 11.4 Å².